The first-order valence-electron chi connectivity index (χ1n) is 5.70. The summed E-state index contributed by atoms with van der Waals surface area (Å²) in [5, 5.41) is 23.6. The highest BCUT2D eigenvalue weighted by atomic mass is 32.1. The summed E-state index contributed by atoms with van der Waals surface area (Å²) in [5.41, 5.74) is 0.375. The average molecular weight is 295 g/mol. The van der Waals surface area contributed by atoms with Crippen LogP contribution in [0.4, 0.5) is 5.00 Å². The molecule has 106 valence electrons. The molecular formula is C12H13N3O4S. The minimum absolute atomic E-state index is 0.0333. The summed E-state index contributed by atoms with van der Waals surface area (Å²) < 4.78 is 4.84. The van der Waals surface area contributed by atoms with Gasteiger partial charge in [0.1, 0.15) is 11.6 Å². The largest absolute Gasteiger partial charge is 0.385 e. The smallest absolute Gasteiger partial charge is 0.324 e. The van der Waals surface area contributed by atoms with Crippen LogP contribution in [0.25, 0.3) is 6.08 Å². The number of hydrogen-bond donors (Lipinski definition) is 1. The van der Waals surface area contributed by atoms with E-state index in [4.69, 9.17) is 10.00 Å². The first-order chi connectivity index (χ1) is 9.58. The van der Waals surface area contributed by atoms with Crippen LogP contribution in [0.15, 0.2) is 17.0 Å². The molecule has 0 aliphatic carbocycles. The van der Waals surface area contributed by atoms with E-state index in [1.807, 2.05) is 0 Å². The van der Waals surface area contributed by atoms with Gasteiger partial charge in [0, 0.05) is 31.7 Å². The summed E-state index contributed by atoms with van der Waals surface area (Å²) in [6, 6.07) is 3.10. The summed E-state index contributed by atoms with van der Waals surface area (Å²) in [7, 11) is 1.56. The number of thiophene rings is 1. The Morgan fingerprint density at radius 1 is 1.70 bits per heavy atom. The van der Waals surface area contributed by atoms with E-state index >= 15 is 0 Å². The lowest BCUT2D eigenvalue weighted by Crippen LogP contribution is -2.26. The van der Waals surface area contributed by atoms with Gasteiger partial charge >= 0.3 is 5.00 Å². The molecule has 1 amide bonds. The van der Waals surface area contributed by atoms with Crippen molar-refractivity contribution in [2.75, 3.05) is 20.3 Å². The van der Waals surface area contributed by atoms with Crippen molar-refractivity contribution >= 4 is 28.3 Å². The number of rotatable bonds is 7. The van der Waals surface area contributed by atoms with E-state index < -0.39 is 10.8 Å². The van der Waals surface area contributed by atoms with Gasteiger partial charge in [-0.05, 0) is 18.1 Å². The SMILES string of the molecule is COCCCNC(=O)C(C#N)=Cc1csc([N+](=O)[O-])c1. The van der Waals surface area contributed by atoms with Crippen molar-refractivity contribution in [1.29, 1.82) is 5.26 Å². The third-order valence-corrected chi connectivity index (χ3v) is 3.17. The van der Waals surface area contributed by atoms with Crippen LogP contribution < -0.4 is 5.32 Å². The zero-order valence-electron chi connectivity index (χ0n) is 10.8. The molecule has 0 aliphatic heterocycles. The van der Waals surface area contributed by atoms with Crippen LogP contribution in [-0.4, -0.2) is 31.1 Å². The Bertz CT molecular complexity index is 559. The average Bonchev–Trinajstić information content (AvgIpc) is 2.89. The second-order valence-corrected chi connectivity index (χ2v) is 4.64. The highest BCUT2D eigenvalue weighted by molar-refractivity contribution is 7.13. The summed E-state index contributed by atoms with van der Waals surface area (Å²) >= 11 is 0.945. The van der Waals surface area contributed by atoms with Gasteiger partial charge in [-0.25, -0.2) is 0 Å². The van der Waals surface area contributed by atoms with Gasteiger partial charge in [-0.3, -0.25) is 14.9 Å². The summed E-state index contributed by atoms with van der Waals surface area (Å²) in [6.07, 6.45) is 1.97. The van der Waals surface area contributed by atoms with Crippen LogP contribution in [0.5, 0.6) is 0 Å². The van der Waals surface area contributed by atoms with E-state index in [2.05, 4.69) is 5.32 Å². The van der Waals surface area contributed by atoms with E-state index in [0.29, 0.717) is 25.1 Å². The molecule has 1 heterocycles. The first kappa shape index (κ1) is 15.8. The molecule has 0 saturated carbocycles. The Morgan fingerprint density at radius 3 is 3.00 bits per heavy atom. The lowest BCUT2D eigenvalue weighted by molar-refractivity contribution is -0.380. The number of nitriles is 1. The molecule has 0 radical (unpaired) electrons. The molecule has 0 atom stereocenters. The highest BCUT2D eigenvalue weighted by Gasteiger charge is 2.12. The molecule has 1 rings (SSSR count). The number of carbonyl (C=O) groups is 1. The van der Waals surface area contributed by atoms with Crippen LogP contribution in [0.3, 0.4) is 0 Å². The van der Waals surface area contributed by atoms with Gasteiger partial charge in [-0.1, -0.05) is 11.3 Å². The van der Waals surface area contributed by atoms with Crippen molar-refractivity contribution in [3.05, 3.63) is 32.7 Å². The van der Waals surface area contributed by atoms with E-state index in [0.717, 1.165) is 11.3 Å². The zero-order valence-corrected chi connectivity index (χ0v) is 11.6. The number of nitrogens with one attached hydrogen (secondary N) is 1. The second kappa shape index (κ2) is 8.04. The molecule has 0 aromatic carbocycles. The minimum atomic E-state index is -0.515. The van der Waals surface area contributed by atoms with E-state index in [1.165, 1.54) is 17.5 Å². The van der Waals surface area contributed by atoms with Crippen LogP contribution in [0, 0.1) is 21.4 Å². The van der Waals surface area contributed by atoms with Crippen molar-refractivity contribution in [3.63, 3.8) is 0 Å². The van der Waals surface area contributed by atoms with E-state index in [9.17, 15) is 14.9 Å². The summed E-state index contributed by atoms with van der Waals surface area (Å²) in [4.78, 5) is 21.7. The highest BCUT2D eigenvalue weighted by Crippen LogP contribution is 2.24. The van der Waals surface area contributed by atoms with Gasteiger partial charge in [-0.2, -0.15) is 5.26 Å². The van der Waals surface area contributed by atoms with Gasteiger partial charge in [-0.15, -0.1) is 0 Å². The molecule has 0 saturated heterocycles. The fourth-order valence-corrected chi connectivity index (χ4v) is 2.02. The molecule has 0 bridgehead atoms. The number of amides is 1. The third kappa shape index (κ3) is 4.79. The van der Waals surface area contributed by atoms with Crippen LogP contribution >= 0.6 is 11.3 Å². The number of nitrogens with zero attached hydrogens (tertiary/aromatic N) is 2. The molecule has 0 fully saturated rings. The lowest BCUT2D eigenvalue weighted by Gasteiger charge is -2.03. The lowest BCUT2D eigenvalue weighted by atomic mass is 10.2. The normalized spacial score (nSPS) is 10.9. The number of nitro groups is 1. The Morgan fingerprint density at radius 2 is 2.45 bits per heavy atom. The first-order valence-corrected chi connectivity index (χ1v) is 6.58. The standard InChI is InChI=1S/C12H13N3O4S/c1-19-4-2-3-14-12(16)10(7-13)5-9-6-11(15(17)18)20-8-9/h5-6,8H,2-4H2,1H3,(H,14,16). The van der Waals surface area contributed by atoms with Crippen molar-refractivity contribution in [2.45, 2.75) is 6.42 Å². The van der Waals surface area contributed by atoms with Crippen LogP contribution in [0.2, 0.25) is 0 Å². The fraction of sp³-hybridized carbons (Fsp3) is 0.333. The second-order valence-electron chi connectivity index (χ2n) is 3.75. The van der Waals surface area contributed by atoms with Gasteiger partial charge in [0.05, 0.1) is 4.92 Å². The molecular weight excluding hydrogens is 282 g/mol. The molecule has 20 heavy (non-hydrogen) atoms. The van der Waals surface area contributed by atoms with Gasteiger partial charge in [0.2, 0.25) is 0 Å². The summed E-state index contributed by atoms with van der Waals surface area (Å²) in [5.74, 6) is -0.502. The molecule has 1 aromatic heterocycles. The van der Waals surface area contributed by atoms with Gasteiger partial charge < -0.3 is 10.1 Å². The quantitative estimate of drug-likeness (QED) is 0.271. The number of carbonyl (C=O) groups excluding carboxylic acids is 1. The zero-order chi connectivity index (χ0) is 15.0. The van der Waals surface area contributed by atoms with E-state index in [1.54, 1.807) is 13.2 Å². The molecule has 7 nitrogen and oxygen atoms in total. The van der Waals surface area contributed by atoms with Gasteiger partial charge in [0.15, 0.2) is 0 Å². The Balaban J connectivity index is 2.68. The van der Waals surface area contributed by atoms with Crippen molar-refractivity contribution in [1.82, 2.24) is 5.32 Å². The van der Waals surface area contributed by atoms with Crippen LogP contribution in [0.1, 0.15) is 12.0 Å². The van der Waals surface area contributed by atoms with E-state index in [-0.39, 0.29) is 10.6 Å². The maximum absolute atomic E-state index is 11.7. The number of hydrogen-bond acceptors (Lipinski definition) is 6. The molecule has 0 spiro atoms. The number of methoxy groups -OCH3 is 1. The van der Waals surface area contributed by atoms with Crippen LogP contribution in [-0.2, 0) is 9.53 Å². The van der Waals surface area contributed by atoms with Crippen molar-refractivity contribution < 1.29 is 14.5 Å². The maximum Gasteiger partial charge on any atom is 0.324 e. The Hall–Kier alpha value is -2.24. The fourth-order valence-electron chi connectivity index (χ4n) is 1.34. The maximum atomic E-state index is 11.7. The topological polar surface area (TPSA) is 105 Å². The Kier molecular flexibility index (Phi) is 6.36. The Labute approximate surface area is 119 Å². The van der Waals surface area contributed by atoms with Crippen molar-refractivity contribution in [2.24, 2.45) is 0 Å². The predicted octanol–water partition coefficient (Wildman–Crippen LogP) is 1.72. The summed E-state index contributed by atoms with van der Waals surface area (Å²) in [6.45, 7) is 0.915. The minimum Gasteiger partial charge on any atom is -0.385 e. The number of ether oxygens (including phenoxy) is 1. The van der Waals surface area contributed by atoms with Gasteiger partial charge in [0.25, 0.3) is 5.91 Å². The molecule has 1 N–H and O–H groups in total. The molecule has 1 aromatic rings. The molecule has 0 unspecified atom stereocenters. The third-order valence-electron chi connectivity index (χ3n) is 2.27. The molecule has 0 aliphatic rings. The predicted molar refractivity (Wildman–Crippen MR) is 74.1 cm³/mol. The monoisotopic (exact) mass is 295 g/mol. The van der Waals surface area contributed by atoms with Crippen molar-refractivity contribution in [3.8, 4) is 6.07 Å². The molecule has 8 heteroatoms.